The number of nitro groups is 1. The van der Waals surface area contributed by atoms with E-state index >= 15 is 0 Å². The number of methoxy groups -OCH3 is 1. The molecule has 1 N–H and O–H groups in total. The molecule has 0 radical (unpaired) electrons. The molecule has 1 unspecified atom stereocenters. The Morgan fingerprint density at radius 3 is 2.76 bits per heavy atom. The van der Waals surface area contributed by atoms with Crippen molar-refractivity contribution in [2.45, 2.75) is 11.3 Å². The van der Waals surface area contributed by atoms with Crippen LogP contribution in [0.1, 0.15) is 6.42 Å². The van der Waals surface area contributed by atoms with Crippen LogP contribution in [-0.2, 0) is 10.0 Å². The number of sulfonamides is 1. The quantitative estimate of drug-likeness (QED) is 0.629. The molecular formula is C12H16N2O6S. The number of non-ortho nitro benzene ring substituents is 1. The van der Waals surface area contributed by atoms with Crippen LogP contribution in [0.15, 0.2) is 23.1 Å². The van der Waals surface area contributed by atoms with Crippen LogP contribution in [-0.4, -0.2) is 49.6 Å². The standard InChI is InChI=1S/C12H16N2O6S/c1-20-11-6-10(14(16)17)2-3-12(11)21(18,19)13-5-4-9(7-13)8-15/h2-3,6,9,15H,4-5,7-8H2,1H3. The summed E-state index contributed by atoms with van der Waals surface area (Å²) < 4.78 is 31.3. The van der Waals surface area contributed by atoms with Gasteiger partial charge in [0.2, 0.25) is 10.0 Å². The summed E-state index contributed by atoms with van der Waals surface area (Å²) in [5.74, 6) is -0.138. The normalized spacial score (nSPS) is 19.6. The number of nitro benzene ring substituents is 1. The second-order valence-corrected chi connectivity index (χ2v) is 6.70. The van der Waals surface area contributed by atoms with Crippen molar-refractivity contribution in [2.24, 2.45) is 5.92 Å². The Balaban J connectivity index is 2.38. The molecule has 0 spiro atoms. The summed E-state index contributed by atoms with van der Waals surface area (Å²) in [6.07, 6.45) is 0.588. The van der Waals surface area contributed by atoms with Crippen LogP contribution in [0.3, 0.4) is 0 Å². The van der Waals surface area contributed by atoms with Gasteiger partial charge >= 0.3 is 0 Å². The molecule has 0 aliphatic carbocycles. The highest BCUT2D eigenvalue weighted by Gasteiger charge is 2.34. The van der Waals surface area contributed by atoms with Gasteiger partial charge in [-0.05, 0) is 18.4 Å². The second-order valence-electron chi connectivity index (χ2n) is 4.79. The number of aliphatic hydroxyl groups excluding tert-OH is 1. The average molecular weight is 316 g/mol. The molecule has 0 aromatic heterocycles. The summed E-state index contributed by atoms with van der Waals surface area (Å²) in [7, 11) is -2.53. The van der Waals surface area contributed by atoms with Crippen molar-refractivity contribution in [3.63, 3.8) is 0 Å². The Bertz CT molecular complexity index is 645. The van der Waals surface area contributed by atoms with Crippen LogP contribution >= 0.6 is 0 Å². The summed E-state index contributed by atoms with van der Waals surface area (Å²) in [4.78, 5) is 10.0. The Morgan fingerprint density at radius 2 is 2.24 bits per heavy atom. The molecule has 0 saturated carbocycles. The smallest absolute Gasteiger partial charge is 0.273 e. The van der Waals surface area contributed by atoms with Gasteiger partial charge in [-0.15, -0.1) is 0 Å². The van der Waals surface area contributed by atoms with Crippen molar-refractivity contribution >= 4 is 15.7 Å². The summed E-state index contributed by atoms with van der Waals surface area (Å²) in [6, 6.07) is 3.40. The van der Waals surface area contributed by atoms with Gasteiger partial charge in [-0.2, -0.15) is 4.31 Å². The van der Waals surface area contributed by atoms with Crippen molar-refractivity contribution in [3.8, 4) is 5.75 Å². The first-order valence-corrected chi connectivity index (χ1v) is 7.77. The number of hydrogen-bond donors (Lipinski definition) is 1. The first-order valence-electron chi connectivity index (χ1n) is 6.33. The number of rotatable bonds is 5. The first-order chi connectivity index (χ1) is 9.90. The van der Waals surface area contributed by atoms with Crippen LogP contribution in [0, 0.1) is 16.0 Å². The van der Waals surface area contributed by atoms with E-state index in [0.717, 1.165) is 12.1 Å². The largest absolute Gasteiger partial charge is 0.495 e. The lowest BCUT2D eigenvalue weighted by molar-refractivity contribution is -0.385. The Kier molecular flexibility index (Phi) is 4.45. The number of ether oxygens (including phenoxy) is 1. The minimum absolute atomic E-state index is 0.0587. The van der Waals surface area contributed by atoms with Crippen molar-refractivity contribution in [3.05, 3.63) is 28.3 Å². The van der Waals surface area contributed by atoms with E-state index in [2.05, 4.69) is 0 Å². The van der Waals surface area contributed by atoms with E-state index < -0.39 is 14.9 Å². The molecular weight excluding hydrogens is 300 g/mol. The van der Waals surface area contributed by atoms with Gasteiger partial charge in [0, 0.05) is 25.8 Å². The van der Waals surface area contributed by atoms with Gasteiger partial charge in [0.05, 0.1) is 18.1 Å². The van der Waals surface area contributed by atoms with Crippen molar-refractivity contribution in [2.75, 3.05) is 26.8 Å². The number of benzene rings is 1. The van der Waals surface area contributed by atoms with Crippen LogP contribution in [0.2, 0.25) is 0 Å². The monoisotopic (exact) mass is 316 g/mol. The predicted molar refractivity (Wildman–Crippen MR) is 73.6 cm³/mol. The Labute approximate surface area is 122 Å². The molecule has 1 aromatic carbocycles. The lowest BCUT2D eigenvalue weighted by Gasteiger charge is -2.18. The van der Waals surface area contributed by atoms with Crippen LogP contribution in [0.4, 0.5) is 5.69 Å². The topological polar surface area (TPSA) is 110 Å². The molecule has 2 rings (SSSR count). The molecule has 1 fully saturated rings. The van der Waals surface area contributed by atoms with Gasteiger partial charge in [0.15, 0.2) is 0 Å². The van der Waals surface area contributed by atoms with Crippen molar-refractivity contribution in [1.82, 2.24) is 4.31 Å². The molecule has 9 heteroatoms. The molecule has 0 bridgehead atoms. The predicted octanol–water partition coefficient (Wildman–Crippen LogP) is 0.606. The maximum absolute atomic E-state index is 12.6. The third kappa shape index (κ3) is 2.99. The third-order valence-corrected chi connectivity index (χ3v) is 5.39. The van der Waals surface area contributed by atoms with E-state index in [9.17, 15) is 18.5 Å². The van der Waals surface area contributed by atoms with Crippen LogP contribution in [0.5, 0.6) is 5.75 Å². The van der Waals surface area contributed by atoms with Crippen LogP contribution < -0.4 is 4.74 Å². The molecule has 116 valence electrons. The molecule has 1 aliphatic heterocycles. The summed E-state index contributed by atoms with van der Waals surface area (Å²) in [6.45, 7) is 0.482. The zero-order chi connectivity index (χ0) is 15.6. The van der Waals surface area contributed by atoms with Gasteiger partial charge in [0.1, 0.15) is 10.6 Å². The van der Waals surface area contributed by atoms with E-state index in [0.29, 0.717) is 13.0 Å². The second kappa shape index (κ2) is 5.96. The maximum atomic E-state index is 12.6. The van der Waals surface area contributed by atoms with Gasteiger partial charge in [-0.3, -0.25) is 10.1 Å². The van der Waals surface area contributed by atoms with Gasteiger partial charge in [0.25, 0.3) is 5.69 Å². The summed E-state index contributed by atoms with van der Waals surface area (Å²) >= 11 is 0. The fourth-order valence-corrected chi connectivity index (χ4v) is 3.95. The van der Waals surface area contributed by atoms with Gasteiger partial charge < -0.3 is 9.84 Å². The molecule has 1 saturated heterocycles. The molecule has 8 nitrogen and oxygen atoms in total. The number of hydrogen-bond acceptors (Lipinski definition) is 6. The molecule has 1 aliphatic rings. The van der Waals surface area contributed by atoms with Gasteiger partial charge in [-0.1, -0.05) is 0 Å². The zero-order valence-electron chi connectivity index (χ0n) is 11.4. The molecule has 0 amide bonds. The highest BCUT2D eigenvalue weighted by molar-refractivity contribution is 7.89. The minimum atomic E-state index is -3.79. The Morgan fingerprint density at radius 1 is 1.52 bits per heavy atom. The van der Waals surface area contributed by atoms with Crippen LogP contribution in [0.25, 0.3) is 0 Å². The van der Waals surface area contributed by atoms with E-state index in [1.165, 1.54) is 17.5 Å². The molecule has 21 heavy (non-hydrogen) atoms. The highest BCUT2D eigenvalue weighted by atomic mass is 32.2. The van der Waals surface area contributed by atoms with Crippen molar-refractivity contribution in [1.29, 1.82) is 0 Å². The molecule has 1 heterocycles. The maximum Gasteiger partial charge on any atom is 0.273 e. The fourth-order valence-electron chi connectivity index (χ4n) is 2.29. The SMILES string of the molecule is COc1cc([N+](=O)[O-])ccc1S(=O)(=O)N1CCC(CO)C1. The minimum Gasteiger partial charge on any atom is -0.495 e. The van der Waals surface area contributed by atoms with E-state index in [1.807, 2.05) is 0 Å². The molecule has 1 aromatic rings. The van der Waals surface area contributed by atoms with E-state index in [1.54, 1.807) is 0 Å². The molecule has 1 atom stereocenters. The average Bonchev–Trinajstić information content (AvgIpc) is 2.96. The lowest BCUT2D eigenvalue weighted by Crippen LogP contribution is -2.29. The summed E-state index contributed by atoms with van der Waals surface area (Å²) in [5.41, 5.74) is -0.236. The van der Waals surface area contributed by atoms with Gasteiger partial charge in [-0.25, -0.2) is 8.42 Å². The van der Waals surface area contributed by atoms with E-state index in [-0.39, 0.29) is 35.4 Å². The Hall–Kier alpha value is -1.71. The number of nitrogens with zero attached hydrogens (tertiary/aromatic N) is 2. The van der Waals surface area contributed by atoms with E-state index in [4.69, 9.17) is 9.84 Å². The lowest BCUT2D eigenvalue weighted by atomic mass is 10.1. The summed E-state index contributed by atoms with van der Waals surface area (Å²) in [5, 5.41) is 19.8. The number of aliphatic hydroxyl groups is 1. The van der Waals surface area contributed by atoms with Crippen molar-refractivity contribution < 1.29 is 23.2 Å². The highest BCUT2D eigenvalue weighted by Crippen LogP contribution is 2.32. The first kappa shape index (κ1) is 15.7. The fraction of sp³-hybridized carbons (Fsp3) is 0.500. The third-order valence-electron chi connectivity index (χ3n) is 3.48. The zero-order valence-corrected chi connectivity index (χ0v) is 12.2.